The lowest BCUT2D eigenvalue weighted by atomic mass is 10.0. The lowest BCUT2D eigenvalue weighted by Gasteiger charge is -2.34. The van der Waals surface area contributed by atoms with Crippen LogP contribution < -0.4 is 10.0 Å². The Morgan fingerprint density at radius 3 is 2.45 bits per heavy atom. The maximum Gasteiger partial charge on any atom is 0.287 e. The Hall–Kier alpha value is -2.95. The van der Waals surface area contributed by atoms with Crippen LogP contribution in [0.4, 0.5) is 0 Å². The minimum Gasteiger partial charge on any atom is -0.459 e. The lowest BCUT2D eigenvalue weighted by Crippen LogP contribution is -2.53. The summed E-state index contributed by atoms with van der Waals surface area (Å²) < 4.78 is 33.2. The molecule has 0 bridgehead atoms. The second kappa shape index (κ2) is 10.3. The van der Waals surface area contributed by atoms with Crippen LogP contribution in [-0.4, -0.2) is 50.3 Å². The molecule has 2 N–H and O–H groups in total. The number of nitrogens with one attached hydrogen (secondary N) is 2. The number of nitrogens with zero attached hydrogens (tertiary/aromatic N) is 1. The molecule has 10 heteroatoms. The number of amides is 2. The highest BCUT2D eigenvalue weighted by Crippen LogP contribution is 2.19. The summed E-state index contributed by atoms with van der Waals surface area (Å²) in [5.41, 5.74) is 0.925. The van der Waals surface area contributed by atoms with Crippen molar-refractivity contribution in [3.05, 3.63) is 77.6 Å². The van der Waals surface area contributed by atoms with Crippen LogP contribution in [0.3, 0.4) is 0 Å². The van der Waals surface area contributed by atoms with Crippen molar-refractivity contribution in [2.45, 2.75) is 35.6 Å². The van der Waals surface area contributed by atoms with E-state index in [1.165, 1.54) is 17.6 Å². The van der Waals surface area contributed by atoms with Gasteiger partial charge in [0.1, 0.15) is 10.3 Å². The first kappa shape index (κ1) is 23.2. The number of sulfonamides is 1. The minimum atomic E-state index is -3.55. The molecule has 1 fully saturated rings. The van der Waals surface area contributed by atoms with Crippen LogP contribution in [0.2, 0.25) is 0 Å². The zero-order valence-electron chi connectivity index (χ0n) is 17.8. The number of piperidine rings is 1. The van der Waals surface area contributed by atoms with Gasteiger partial charge in [0.25, 0.3) is 5.91 Å². The fraction of sp³-hybridized carbons (Fsp3) is 0.304. The van der Waals surface area contributed by atoms with Gasteiger partial charge in [-0.05, 0) is 42.0 Å². The van der Waals surface area contributed by atoms with Crippen molar-refractivity contribution < 1.29 is 22.4 Å². The number of likely N-dealkylation sites (tertiary alicyclic amines) is 1. The van der Waals surface area contributed by atoms with Crippen LogP contribution in [0, 0.1) is 0 Å². The van der Waals surface area contributed by atoms with Gasteiger partial charge in [0, 0.05) is 25.6 Å². The average molecular weight is 488 g/mol. The van der Waals surface area contributed by atoms with E-state index in [0.29, 0.717) is 32.4 Å². The highest BCUT2D eigenvalue weighted by Gasteiger charge is 2.31. The van der Waals surface area contributed by atoms with E-state index >= 15 is 0 Å². The molecule has 3 aromatic rings. The van der Waals surface area contributed by atoms with Crippen LogP contribution >= 0.6 is 11.3 Å². The molecule has 1 atom stereocenters. The van der Waals surface area contributed by atoms with E-state index in [1.807, 2.05) is 30.3 Å². The van der Waals surface area contributed by atoms with Gasteiger partial charge >= 0.3 is 0 Å². The van der Waals surface area contributed by atoms with Crippen LogP contribution in [0.25, 0.3) is 0 Å². The third kappa shape index (κ3) is 5.89. The molecule has 2 amide bonds. The molecule has 0 spiro atoms. The molecule has 0 radical (unpaired) electrons. The molecular weight excluding hydrogens is 462 g/mol. The summed E-state index contributed by atoms with van der Waals surface area (Å²) >= 11 is 1.17. The van der Waals surface area contributed by atoms with Crippen molar-refractivity contribution in [2.75, 3.05) is 13.1 Å². The van der Waals surface area contributed by atoms with Gasteiger partial charge < -0.3 is 14.6 Å². The number of thiophene rings is 1. The van der Waals surface area contributed by atoms with Gasteiger partial charge in [0.15, 0.2) is 5.76 Å². The van der Waals surface area contributed by atoms with Gasteiger partial charge in [0.2, 0.25) is 15.9 Å². The first-order valence-corrected chi connectivity index (χ1v) is 13.0. The molecular formula is C23H25N3O5S2. The standard InChI is InChI=1S/C23H25N3O5S2/c27-22(20-8-4-14-31-20)24-19(16-17-6-2-1-3-7-17)23(28)26-12-10-18(11-13-26)25-33(29,30)21-9-5-15-32-21/h1-9,14-15,18-19,25H,10-13,16H2,(H,24,27)/t19-/m0/s1. The van der Waals surface area contributed by atoms with E-state index in [1.54, 1.807) is 34.5 Å². The molecule has 33 heavy (non-hydrogen) atoms. The summed E-state index contributed by atoms with van der Waals surface area (Å²) in [5.74, 6) is -0.506. The van der Waals surface area contributed by atoms with Crippen molar-refractivity contribution in [3.63, 3.8) is 0 Å². The summed E-state index contributed by atoms with van der Waals surface area (Å²) in [5, 5.41) is 4.52. The summed E-state index contributed by atoms with van der Waals surface area (Å²) in [7, 11) is -3.55. The first-order chi connectivity index (χ1) is 15.9. The molecule has 1 aliphatic rings. The van der Waals surface area contributed by atoms with E-state index in [4.69, 9.17) is 4.42 Å². The molecule has 1 aliphatic heterocycles. The van der Waals surface area contributed by atoms with Gasteiger partial charge in [0.05, 0.1) is 6.26 Å². The Kier molecular flexibility index (Phi) is 7.26. The third-order valence-corrected chi connectivity index (χ3v) is 8.44. The molecule has 1 saturated heterocycles. The van der Waals surface area contributed by atoms with Crippen molar-refractivity contribution in [2.24, 2.45) is 0 Å². The topological polar surface area (TPSA) is 109 Å². The van der Waals surface area contributed by atoms with Gasteiger partial charge in [-0.1, -0.05) is 36.4 Å². The van der Waals surface area contributed by atoms with Crippen molar-refractivity contribution in [3.8, 4) is 0 Å². The highest BCUT2D eigenvalue weighted by atomic mass is 32.2. The lowest BCUT2D eigenvalue weighted by molar-refractivity contribution is -0.134. The van der Waals surface area contributed by atoms with Gasteiger partial charge in [-0.15, -0.1) is 11.3 Å². The van der Waals surface area contributed by atoms with E-state index in [0.717, 1.165) is 5.56 Å². The van der Waals surface area contributed by atoms with E-state index in [-0.39, 0.29) is 21.9 Å². The number of carbonyl (C=O) groups is 2. The van der Waals surface area contributed by atoms with Gasteiger partial charge in [-0.2, -0.15) is 0 Å². The number of furan rings is 1. The zero-order chi connectivity index (χ0) is 23.3. The van der Waals surface area contributed by atoms with Gasteiger partial charge in [-0.3, -0.25) is 9.59 Å². The third-order valence-electron chi connectivity index (χ3n) is 5.52. The second-order valence-electron chi connectivity index (χ2n) is 7.85. The van der Waals surface area contributed by atoms with Crippen LogP contribution in [0.15, 0.2) is 74.9 Å². The smallest absolute Gasteiger partial charge is 0.287 e. The molecule has 1 aromatic carbocycles. The second-order valence-corrected chi connectivity index (χ2v) is 10.7. The molecule has 4 rings (SSSR count). The van der Waals surface area contributed by atoms with E-state index < -0.39 is 22.0 Å². The largest absolute Gasteiger partial charge is 0.459 e. The number of hydrogen-bond donors (Lipinski definition) is 2. The number of rotatable bonds is 8. The molecule has 0 unspecified atom stereocenters. The normalized spacial score (nSPS) is 15.8. The van der Waals surface area contributed by atoms with Crippen molar-refractivity contribution in [1.82, 2.24) is 14.9 Å². The summed E-state index contributed by atoms with van der Waals surface area (Å²) in [4.78, 5) is 27.6. The average Bonchev–Trinajstić information content (AvgIpc) is 3.54. The predicted octanol–water partition coefficient (Wildman–Crippen LogP) is 2.65. The fourth-order valence-corrected chi connectivity index (χ4v) is 6.13. The molecule has 2 aromatic heterocycles. The maximum absolute atomic E-state index is 13.3. The fourth-order valence-electron chi connectivity index (χ4n) is 3.82. The minimum absolute atomic E-state index is 0.141. The van der Waals surface area contributed by atoms with E-state index in [9.17, 15) is 18.0 Å². The Morgan fingerprint density at radius 1 is 1.06 bits per heavy atom. The Balaban J connectivity index is 1.40. The molecule has 0 saturated carbocycles. The zero-order valence-corrected chi connectivity index (χ0v) is 19.5. The summed E-state index contributed by atoms with van der Waals surface area (Å²) in [6.07, 6.45) is 2.75. The Bertz CT molecular complexity index is 1150. The SMILES string of the molecule is O=C(N[C@@H](Cc1ccccc1)C(=O)N1CCC(NS(=O)(=O)c2cccs2)CC1)c1ccco1. The number of benzene rings is 1. The molecule has 0 aliphatic carbocycles. The van der Waals surface area contributed by atoms with Gasteiger partial charge in [-0.25, -0.2) is 13.1 Å². The predicted molar refractivity (Wildman–Crippen MR) is 124 cm³/mol. The quantitative estimate of drug-likeness (QED) is 0.508. The molecule has 8 nitrogen and oxygen atoms in total. The van der Waals surface area contributed by atoms with E-state index in [2.05, 4.69) is 10.0 Å². The first-order valence-electron chi connectivity index (χ1n) is 10.7. The Morgan fingerprint density at radius 2 is 1.82 bits per heavy atom. The summed E-state index contributed by atoms with van der Waals surface area (Å²) in [6.45, 7) is 0.802. The van der Waals surface area contributed by atoms with Crippen LogP contribution in [-0.2, 0) is 21.2 Å². The maximum atomic E-state index is 13.3. The molecule has 174 valence electrons. The van der Waals surface area contributed by atoms with Crippen LogP contribution in [0.5, 0.6) is 0 Å². The number of carbonyl (C=O) groups excluding carboxylic acids is 2. The van der Waals surface area contributed by atoms with Crippen molar-refractivity contribution in [1.29, 1.82) is 0 Å². The van der Waals surface area contributed by atoms with Crippen molar-refractivity contribution >= 4 is 33.2 Å². The number of hydrogen-bond acceptors (Lipinski definition) is 6. The molecule has 3 heterocycles. The Labute approximate surface area is 196 Å². The highest BCUT2D eigenvalue weighted by molar-refractivity contribution is 7.91. The van der Waals surface area contributed by atoms with Crippen LogP contribution in [0.1, 0.15) is 29.0 Å². The monoisotopic (exact) mass is 487 g/mol. The summed E-state index contributed by atoms with van der Waals surface area (Å²) in [6, 6.07) is 14.9.